The van der Waals surface area contributed by atoms with Crippen molar-refractivity contribution in [1.82, 2.24) is 9.97 Å². The van der Waals surface area contributed by atoms with Crippen molar-refractivity contribution in [3.8, 4) is 5.88 Å². The lowest BCUT2D eigenvalue weighted by Gasteiger charge is -2.13. The molecule has 1 atom stereocenters. The first-order valence-electron chi connectivity index (χ1n) is 4.89. The minimum absolute atomic E-state index is 0.0721. The highest BCUT2D eigenvalue weighted by molar-refractivity contribution is 5.61. The van der Waals surface area contributed by atoms with Crippen molar-refractivity contribution < 1.29 is 14.4 Å². The first kappa shape index (κ1) is 13.1. The minimum Gasteiger partial charge on any atom is -0.476 e. The van der Waals surface area contributed by atoms with Crippen LogP contribution in [0.4, 0.5) is 11.5 Å². The molecule has 0 saturated heterocycles. The molecule has 0 fully saturated rings. The summed E-state index contributed by atoms with van der Waals surface area (Å²) in [4.78, 5) is 17.8. The molecule has 0 spiro atoms. The van der Waals surface area contributed by atoms with Gasteiger partial charge in [0.1, 0.15) is 6.33 Å². The number of rotatable bonds is 6. The SMILES string of the molecule is COCC(C)Nc1ncnc(OC)c1[N+](=O)[O-]. The van der Waals surface area contributed by atoms with E-state index in [1.54, 1.807) is 7.11 Å². The van der Waals surface area contributed by atoms with Gasteiger partial charge < -0.3 is 14.8 Å². The molecule has 0 aliphatic carbocycles. The zero-order chi connectivity index (χ0) is 12.8. The van der Waals surface area contributed by atoms with E-state index in [9.17, 15) is 10.1 Å². The van der Waals surface area contributed by atoms with Gasteiger partial charge in [0.2, 0.25) is 5.82 Å². The molecule has 0 aliphatic rings. The van der Waals surface area contributed by atoms with Crippen LogP contribution in [-0.2, 0) is 4.74 Å². The molecule has 1 aromatic heterocycles. The van der Waals surface area contributed by atoms with E-state index in [4.69, 9.17) is 9.47 Å². The molecule has 0 aliphatic heterocycles. The molecule has 1 heterocycles. The molecular weight excluding hydrogens is 228 g/mol. The lowest BCUT2D eigenvalue weighted by atomic mass is 10.3. The summed E-state index contributed by atoms with van der Waals surface area (Å²) in [6.45, 7) is 2.23. The number of nitrogens with zero attached hydrogens (tertiary/aromatic N) is 3. The Hall–Kier alpha value is -1.96. The van der Waals surface area contributed by atoms with Gasteiger partial charge in [0.05, 0.1) is 18.6 Å². The summed E-state index contributed by atoms with van der Waals surface area (Å²) >= 11 is 0. The number of methoxy groups -OCH3 is 2. The van der Waals surface area contributed by atoms with Gasteiger partial charge in [-0.15, -0.1) is 0 Å². The molecule has 0 amide bonds. The standard InChI is InChI=1S/C9H14N4O4/c1-6(4-16-2)12-8-7(13(14)15)9(17-3)11-5-10-8/h5-6H,4H2,1-3H3,(H,10,11,12). The predicted molar refractivity (Wildman–Crippen MR) is 60.2 cm³/mol. The van der Waals surface area contributed by atoms with Crippen LogP contribution in [0.15, 0.2) is 6.33 Å². The molecule has 17 heavy (non-hydrogen) atoms. The average Bonchev–Trinajstić information content (AvgIpc) is 2.28. The number of nitrogens with one attached hydrogen (secondary N) is 1. The van der Waals surface area contributed by atoms with E-state index < -0.39 is 4.92 Å². The molecule has 8 nitrogen and oxygen atoms in total. The minimum atomic E-state index is -0.583. The van der Waals surface area contributed by atoms with Crippen molar-refractivity contribution in [2.45, 2.75) is 13.0 Å². The molecular formula is C9H14N4O4. The topological polar surface area (TPSA) is 99.4 Å². The van der Waals surface area contributed by atoms with E-state index >= 15 is 0 Å². The summed E-state index contributed by atoms with van der Waals surface area (Å²) in [6.07, 6.45) is 1.20. The number of hydrogen-bond acceptors (Lipinski definition) is 7. The van der Waals surface area contributed by atoms with E-state index in [0.29, 0.717) is 6.61 Å². The molecule has 0 radical (unpaired) electrons. The normalized spacial score (nSPS) is 11.9. The highest BCUT2D eigenvalue weighted by Crippen LogP contribution is 2.30. The van der Waals surface area contributed by atoms with Gasteiger partial charge >= 0.3 is 5.69 Å². The first-order chi connectivity index (χ1) is 8.10. The molecule has 0 bridgehead atoms. The highest BCUT2D eigenvalue weighted by Gasteiger charge is 2.24. The fourth-order valence-corrected chi connectivity index (χ4v) is 1.31. The van der Waals surface area contributed by atoms with Crippen molar-refractivity contribution >= 4 is 11.5 Å². The van der Waals surface area contributed by atoms with Crippen LogP contribution in [0.2, 0.25) is 0 Å². The third-order valence-electron chi connectivity index (χ3n) is 1.96. The van der Waals surface area contributed by atoms with Crippen molar-refractivity contribution in [3.63, 3.8) is 0 Å². The van der Waals surface area contributed by atoms with Gasteiger partial charge in [-0.3, -0.25) is 10.1 Å². The maximum atomic E-state index is 10.9. The van der Waals surface area contributed by atoms with Crippen LogP contribution >= 0.6 is 0 Å². The van der Waals surface area contributed by atoms with Gasteiger partial charge in [0.25, 0.3) is 5.88 Å². The van der Waals surface area contributed by atoms with Crippen LogP contribution in [-0.4, -0.2) is 41.8 Å². The second-order valence-corrected chi connectivity index (χ2v) is 3.34. The van der Waals surface area contributed by atoms with Crippen molar-refractivity contribution in [2.75, 3.05) is 26.1 Å². The molecule has 1 unspecified atom stereocenters. The lowest BCUT2D eigenvalue weighted by molar-refractivity contribution is -0.385. The van der Waals surface area contributed by atoms with Crippen molar-refractivity contribution in [1.29, 1.82) is 0 Å². The largest absolute Gasteiger partial charge is 0.476 e. The highest BCUT2D eigenvalue weighted by atomic mass is 16.6. The third kappa shape index (κ3) is 3.25. The van der Waals surface area contributed by atoms with Gasteiger partial charge in [0.15, 0.2) is 0 Å². The Morgan fingerprint density at radius 3 is 2.76 bits per heavy atom. The van der Waals surface area contributed by atoms with E-state index in [-0.39, 0.29) is 23.4 Å². The predicted octanol–water partition coefficient (Wildman–Crippen LogP) is 0.840. The van der Waals surface area contributed by atoms with Gasteiger partial charge in [-0.25, -0.2) is 4.98 Å². The molecule has 8 heteroatoms. The molecule has 1 N–H and O–H groups in total. The Labute approximate surface area is 98.1 Å². The second kappa shape index (κ2) is 5.94. The Morgan fingerprint density at radius 1 is 1.53 bits per heavy atom. The fourth-order valence-electron chi connectivity index (χ4n) is 1.31. The zero-order valence-electron chi connectivity index (χ0n) is 9.84. The molecule has 94 valence electrons. The van der Waals surface area contributed by atoms with Crippen LogP contribution in [0, 0.1) is 10.1 Å². The average molecular weight is 242 g/mol. The summed E-state index contributed by atoms with van der Waals surface area (Å²) in [5.74, 6) is 0.0449. The van der Waals surface area contributed by atoms with Crippen molar-refractivity contribution in [2.24, 2.45) is 0 Å². The number of nitro groups is 1. The monoisotopic (exact) mass is 242 g/mol. The molecule has 1 aromatic rings. The van der Waals surface area contributed by atoms with E-state index in [1.807, 2.05) is 6.92 Å². The summed E-state index contributed by atoms with van der Waals surface area (Å²) in [6, 6.07) is -0.113. The van der Waals surface area contributed by atoms with Gasteiger partial charge in [-0.05, 0) is 6.92 Å². The summed E-state index contributed by atoms with van der Waals surface area (Å²) in [5.41, 5.74) is -0.280. The number of aromatic nitrogens is 2. The maximum absolute atomic E-state index is 10.9. The first-order valence-corrected chi connectivity index (χ1v) is 4.89. The van der Waals surface area contributed by atoms with Crippen LogP contribution in [0.25, 0.3) is 0 Å². The third-order valence-corrected chi connectivity index (χ3v) is 1.96. The van der Waals surface area contributed by atoms with E-state index in [0.717, 1.165) is 0 Å². The summed E-state index contributed by atoms with van der Waals surface area (Å²) < 4.78 is 9.75. The molecule has 0 aromatic carbocycles. The Morgan fingerprint density at radius 2 is 2.24 bits per heavy atom. The smallest absolute Gasteiger partial charge is 0.372 e. The molecule has 1 rings (SSSR count). The van der Waals surface area contributed by atoms with Crippen LogP contribution < -0.4 is 10.1 Å². The summed E-state index contributed by atoms with van der Waals surface area (Å²) in [5, 5.41) is 13.8. The number of anilines is 1. The Balaban J connectivity index is 3.02. The second-order valence-electron chi connectivity index (χ2n) is 3.34. The van der Waals surface area contributed by atoms with Gasteiger partial charge in [-0.1, -0.05) is 0 Å². The van der Waals surface area contributed by atoms with Crippen LogP contribution in [0.5, 0.6) is 5.88 Å². The van der Waals surface area contributed by atoms with Crippen LogP contribution in [0.1, 0.15) is 6.92 Å². The van der Waals surface area contributed by atoms with Gasteiger partial charge in [-0.2, -0.15) is 4.98 Å². The van der Waals surface area contributed by atoms with Crippen LogP contribution in [0.3, 0.4) is 0 Å². The fraction of sp³-hybridized carbons (Fsp3) is 0.556. The van der Waals surface area contributed by atoms with Gasteiger partial charge in [0, 0.05) is 13.2 Å². The zero-order valence-corrected chi connectivity index (χ0v) is 9.84. The maximum Gasteiger partial charge on any atom is 0.372 e. The quantitative estimate of drug-likeness (QED) is 0.582. The van der Waals surface area contributed by atoms with Crippen molar-refractivity contribution in [3.05, 3.63) is 16.4 Å². The van der Waals surface area contributed by atoms with E-state index in [2.05, 4.69) is 15.3 Å². The van der Waals surface area contributed by atoms with E-state index in [1.165, 1.54) is 13.4 Å². The number of ether oxygens (including phenoxy) is 2. The Kier molecular flexibility index (Phi) is 4.58. The molecule has 0 saturated carbocycles. The lowest BCUT2D eigenvalue weighted by Crippen LogP contribution is -2.22. The Bertz CT molecular complexity index is 399. The number of hydrogen-bond donors (Lipinski definition) is 1. The summed E-state index contributed by atoms with van der Waals surface area (Å²) in [7, 11) is 2.87.